The zero-order chi connectivity index (χ0) is 10.9. The van der Waals surface area contributed by atoms with Crippen molar-refractivity contribution in [2.24, 2.45) is 0 Å². The van der Waals surface area contributed by atoms with Gasteiger partial charge in [0.1, 0.15) is 0 Å². The molecule has 4 heteroatoms. The average molecular weight is 209 g/mol. The van der Waals surface area contributed by atoms with Crippen LogP contribution in [-0.2, 0) is 0 Å². The van der Waals surface area contributed by atoms with Gasteiger partial charge >= 0.3 is 0 Å². The smallest absolute Gasteiger partial charge is 0.292 e. The van der Waals surface area contributed by atoms with E-state index in [1.165, 1.54) is 0 Å². The van der Waals surface area contributed by atoms with Crippen molar-refractivity contribution in [2.45, 2.75) is 24.4 Å². The van der Waals surface area contributed by atoms with Crippen LogP contribution in [0, 0.1) is 0 Å². The molecule has 2 rings (SSSR count). The first-order valence-electron chi connectivity index (χ1n) is 5.04. The molecule has 1 heterocycles. The zero-order valence-corrected chi connectivity index (χ0v) is 8.30. The molecular formula is C11H15NO3. The molecule has 1 aromatic rings. The van der Waals surface area contributed by atoms with Gasteiger partial charge in [0.15, 0.2) is 0 Å². The number of rotatable bonds is 2. The molecule has 1 fully saturated rings. The topological polar surface area (TPSA) is 72.7 Å². The van der Waals surface area contributed by atoms with E-state index in [0.29, 0.717) is 6.54 Å². The lowest BCUT2D eigenvalue weighted by molar-refractivity contribution is -0.327. The Balaban J connectivity index is 2.23. The molecule has 1 saturated heterocycles. The molecule has 1 aliphatic heterocycles. The minimum atomic E-state index is -2.66. The van der Waals surface area contributed by atoms with Crippen molar-refractivity contribution >= 4 is 0 Å². The Morgan fingerprint density at radius 1 is 1.13 bits per heavy atom. The van der Waals surface area contributed by atoms with Gasteiger partial charge in [-0.3, -0.25) is 0 Å². The van der Waals surface area contributed by atoms with E-state index >= 15 is 0 Å². The van der Waals surface area contributed by atoms with Crippen molar-refractivity contribution in [3.63, 3.8) is 0 Å². The van der Waals surface area contributed by atoms with Gasteiger partial charge in [-0.15, -0.1) is 0 Å². The van der Waals surface area contributed by atoms with Gasteiger partial charge in [0.25, 0.3) is 5.97 Å². The Morgan fingerprint density at radius 2 is 1.80 bits per heavy atom. The fourth-order valence-corrected chi connectivity index (χ4v) is 2.17. The first-order valence-corrected chi connectivity index (χ1v) is 5.04. The molecule has 1 aromatic carbocycles. The Morgan fingerprint density at radius 3 is 2.40 bits per heavy atom. The number of benzene rings is 1. The average Bonchev–Trinajstić information content (AvgIpc) is 2.67. The Kier molecular flexibility index (Phi) is 2.75. The van der Waals surface area contributed by atoms with Crippen LogP contribution in [0.2, 0.25) is 0 Å². The predicted molar refractivity (Wildman–Crippen MR) is 55.0 cm³/mol. The monoisotopic (exact) mass is 209 g/mol. The van der Waals surface area contributed by atoms with Crippen LogP contribution in [0.4, 0.5) is 0 Å². The molecule has 0 aliphatic carbocycles. The summed E-state index contributed by atoms with van der Waals surface area (Å²) in [5.74, 6) is -2.72. The summed E-state index contributed by atoms with van der Waals surface area (Å²) in [5.41, 5.74) is 1.01. The van der Waals surface area contributed by atoms with Crippen molar-refractivity contribution in [2.75, 3.05) is 6.54 Å². The molecule has 2 atom stereocenters. The largest absolute Gasteiger partial charge is 0.342 e. The van der Waals surface area contributed by atoms with Gasteiger partial charge in [-0.25, -0.2) is 0 Å². The van der Waals surface area contributed by atoms with E-state index in [2.05, 4.69) is 5.32 Å². The van der Waals surface area contributed by atoms with Gasteiger partial charge in [0, 0.05) is 5.92 Å². The summed E-state index contributed by atoms with van der Waals surface area (Å²) < 4.78 is 0. The molecule has 0 radical (unpaired) electrons. The Bertz CT molecular complexity index is 320. The van der Waals surface area contributed by atoms with Crippen LogP contribution in [0.15, 0.2) is 30.3 Å². The molecule has 4 N–H and O–H groups in total. The highest BCUT2D eigenvalue weighted by Crippen LogP contribution is 2.31. The lowest BCUT2D eigenvalue weighted by Crippen LogP contribution is -2.50. The van der Waals surface area contributed by atoms with Gasteiger partial charge in [-0.2, -0.15) is 0 Å². The van der Waals surface area contributed by atoms with Crippen molar-refractivity contribution in [1.29, 1.82) is 0 Å². The lowest BCUT2D eigenvalue weighted by Gasteiger charge is -2.27. The highest BCUT2D eigenvalue weighted by atomic mass is 16.7. The van der Waals surface area contributed by atoms with Gasteiger partial charge in [-0.1, -0.05) is 30.3 Å². The third-order valence-corrected chi connectivity index (χ3v) is 2.87. The third kappa shape index (κ3) is 2.18. The first kappa shape index (κ1) is 10.6. The summed E-state index contributed by atoms with van der Waals surface area (Å²) >= 11 is 0. The zero-order valence-electron chi connectivity index (χ0n) is 8.30. The maximum absolute atomic E-state index is 9.20. The summed E-state index contributed by atoms with van der Waals surface area (Å²) in [6, 6.07) is 8.84. The van der Waals surface area contributed by atoms with E-state index in [1.54, 1.807) is 0 Å². The van der Waals surface area contributed by atoms with E-state index in [0.717, 1.165) is 12.0 Å². The molecule has 0 spiro atoms. The summed E-state index contributed by atoms with van der Waals surface area (Å²) in [5, 5.41) is 30.5. The second kappa shape index (κ2) is 3.90. The van der Waals surface area contributed by atoms with E-state index in [-0.39, 0.29) is 5.92 Å². The molecule has 15 heavy (non-hydrogen) atoms. The van der Waals surface area contributed by atoms with Crippen molar-refractivity contribution < 1.29 is 15.3 Å². The lowest BCUT2D eigenvalue weighted by atomic mass is 9.91. The van der Waals surface area contributed by atoms with Gasteiger partial charge in [-0.05, 0) is 18.5 Å². The summed E-state index contributed by atoms with van der Waals surface area (Å²) in [4.78, 5) is 0. The van der Waals surface area contributed by atoms with Crippen LogP contribution >= 0.6 is 0 Å². The molecule has 0 saturated carbocycles. The Labute approximate surface area is 88.2 Å². The fraction of sp³-hybridized carbons (Fsp3) is 0.455. The second-order valence-electron chi connectivity index (χ2n) is 3.92. The van der Waals surface area contributed by atoms with Crippen molar-refractivity contribution in [3.05, 3.63) is 35.9 Å². The predicted octanol–water partition coefficient (Wildman–Crippen LogP) is -0.237. The molecule has 4 nitrogen and oxygen atoms in total. The van der Waals surface area contributed by atoms with Crippen molar-refractivity contribution in [3.8, 4) is 0 Å². The fourth-order valence-electron chi connectivity index (χ4n) is 2.17. The van der Waals surface area contributed by atoms with Gasteiger partial charge < -0.3 is 20.6 Å². The molecule has 82 valence electrons. The first-order chi connectivity index (χ1) is 7.09. The van der Waals surface area contributed by atoms with E-state index in [4.69, 9.17) is 0 Å². The van der Waals surface area contributed by atoms with Crippen LogP contribution < -0.4 is 5.32 Å². The molecular weight excluding hydrogens is 194 g/mol. The molecule has 0 aromatic heterocycles. The maximum atomic E-state index is 9.20. The van der Waals surface area contributed by atoms with E-state index in [1.807, 2.05) is 30.3 Å². The SMILES string of the molecule is OC(O)(O)[C@H]1NCC[C@H]1c1ccccc1. The quantitative estimate of drug-likeness (QED) is 0.507. The number of aliphatic hydroxyl groups is 3. The Hall–Kier alpha value is -0.940. The molecule has 1 aliphatic rings. The minimum Gasteiger partial charge on any atom is -0.342 e. The van der Waals surface area contributed by atoms with Crippen LogP contribution in [0.3, 0.4) is 0 Å². The van der Waals surface area contributed by atoms with E-state index in [9.17, 15) is 15.3 Å². The number of hydrogen-bond acceptors (Lipinski definition) is 4. The normalized spacial score (nSPS) is 26.9. The molecule has 0 bridgehead atoms. The molecule has 0 unspecified atom stereocenters. The third-order valence-electron chi connectivity index (χ3n) is 2.87. The summed E-state index contributed by atoms with van der Waals surface area (Å²) in [7, 11) is 0. The van der Waals surface area contributed by atoms with Gasteiger partial charge in [0.2, 0.25) is 0 Å². The van der Waals surface area contributed by atoms with Crippen molar-refractivity contribution in [1.82, 2.24) is 5.32 Å². The van der Waals surface area contributed by atoms with E-state index < -0.39 is 12.0 Å². The highest BCUT2D eigenvalue weighted by molar-refractivity contribution is 5.23. The standard InChI is InChI=1S/C11H15NO3/c13-11(14,15)10-9(6-7-12-10)8-4-2-1-3-5-8/h1-5,9-10,12-15H,6-7H2/t9-,10-/m0/s1. The second-order valence-corrected chi connectivity index (χ2v) is 3.92. The van der Waals surface area contributed by atoms with Crippen LogP contribution in [-0.4, -0.2) is 33.9 Å². The highest BCUT2D eigenvalue weighted by Gasteiger charge is 2.42. The number of nitrogens with one attached hydrogen (secondary N) is 1. The summed E-state index contributed by atoms with van der Waals surface area (Å²) in [6.45, 7) is 0.674. The summed E-state index contributed by atoms with van der Waals surface area (Å²) in [6.07, 6.45) is 0.790. The van der Waals surface area contributed by atoms with Gasteiger partial charge in [0.05, 0.1) is 6.04 Å². The maximum Gasteiger partial charge on any atom is 0.292 e. The van der Waals surface area contributed by atoms with Crippen LogP contribution in [0.1, 0.15) is 17.9 Å². The number of hydrogen-bond donors (Lipinski definition) is 4. The van der Waals surface area contributed by atoms with Crippen LogP contribution in [0.25, 0.3) is 0 Å². The molecule has 0 amide bonds. The van der Waals surface area contributed by atoms with Crippen LogP contribution in [0.5, 0.6) is 0 Å². The minimum absolute atomic E-state index is 0.0637.